The predicted molar refractivity (Wildman–Crippen MR) is 84.5 cm³/mol. The molecular formula is C17H23N3O. The highest BCUT2D eigenvalue weighted by molar-refractivity contribution is 5.31. The van der Waals surface area contributed by atoms with E-state index in [1.165, 1.54) is 5.56 Å². The largest absolute Gasteiger partial charge is 0.438 e. The summed E-state index contributed by atoms with van der Waals surface area (Å²) in [5.74, 6) is 1.31. The zero-order valence-electron chi connectivity index (χ0n) is 13.2. The molecule has 0 aliphatic heterocycles. The summed E-state index contributed by atoms with van der Waals surface area (Å²) in [6, 6.07) is 11.8. The average Bonchev–Trinajstić information content (AvgIpc) is 2.46. The molecule has 0 radical (unpaired) electrons. The van der Waals surface area contributed by atoms with Gasteiger partial charge in [0, 0.05) is 18.2 Å². The van der Waals surface area contributed by atoms with Gasteiger partial charge in [0.15, 0.2) is 0 Å². The Kier molecular flexibility index (Phi) is 4.91. The fourth-order valence-electron chi connectivity index (χ4n) is 1.80. The van der Waals surface area contributed by atoms with E-state index >= 15 is 0 Å². The lowest BCUT2D eigenvalue weighted by atomic mass is 10.1. The predicted octanol–water partition coefficient (Wildman–Crippen LogP) is 3.72. The Morgan fingerprint density at radius 3 is 2.52 bits per heavy atom. The molecule has 2 rings (SSSR count). The summed E-state index contributed by atoms with van der Waals surface area (Å²) in [5.41, 5.74) is 2.21. The number of ether oxygens (including phenoxy) is 1. The van der Waals surface area contributed by atoms with Crippen molar-refractivity contribution >= 4 is 0 Å². The van der Waals surface area contributed by atoms with Crippen LogP contribution in [0.2, 0.25) is 0 Å². The number of benzene rings is 1. The van der Waals surface area contributed by atoms with Gasteiger partial charge in [0.1, 0.15) is 5.75 Å². The zero-order chi connectivity index (χ0) is 15.3. The number of aryl methyl sites for hydroxylation is 1. The minimum Gasteiger partial charge on any atom is -0.438 e. The Morgan fingerprint density at radius 1 is 1.10 bits per heavy atom. The van der Waals surface area contributed by atoms with E-state index < -0.39 is 0 Å². The summed E-state index contributed by atoms with van der Waals surface area (Å²) in [6.07, 6.45) is 0.986. The average molecular weight is 285 g/mol. The molecule has 0 aliphatic carbocycles. The number of rotatable bonds is 5. The SMILES string of the molecule is CCc1cccc(Oc2ccc(CNC(C)(C)C)nn2)c1. The first-order valence-electron chi connectivity index (χ1n) is 7.31. The summed E-state index contributed by atoms with van der Waals surface area (Å²) >= 11 is 0. The first-order chi connectivity index (χ1) is 9.96. The quantitative estimate of drug-likeness (QED) is 0.909. The molecule has 4 nitrogen and oxygen atoms in total. The lowest BCUT2D eigenvalue weighted by Gasteiger charge is -2.19. The van der Waals surface area contributed by atoms with Crippen LogP contribution in [0.25, 0.3) is 0 Å². The molecule has 0 saturated carbocycles. The van der Waals surface area contributed by atoms with Crippen LogP contribution in [-0.2, 0) is 13.0 Å². The maximum Gasteiger partial charge on any atom is 0.238 e. The van der Waals surface area contributed by atoms with Crippen LogP contribution < -0.4 is 10.1 Å². The van der Waals surface area contributed by atoms with Gasteiger partial charge in [-0.1, -0.05) is 19.1 Å². The number of hydrogen-bond acceptors (Lipinski definition) is 4. The van der Waals surface area contributed by atoms with Crippen LogP contribution in [-0.4, -0.2) is 15.7 Å². The van der Waals surface area contributed by atoms with Gasteiger partial charge < -0.3 is 10.1 Å². The Balaban J connectivity index is 1.98. The zero-order valence-corrected chi connectivity index (χ0v) is 13.2. The third kappa shape index (κ3) is 5.16. The molecule has 112 valence electrons. The Hall–Kier alpha value is -1.94. The van der Waals surface area contributed by atoms with Crippen LogP contribution in [0.3, 0.4) is 0 Å². The molecule has 0 amide bonds. The van der Waals surface area contributed by atoms with Crippen LogP contribution in [0.5, 0.6) is 11.6 Å². The van der Waals surface area contributed by atoms with E-state index in [-0.39, 0.29) is 5.54 Å². The van der Waals surface area contributed by atoms with Gasteiger partial charge >= 0.3 is 0 Å². The molecule has 1 heterocycles. The standard InChI is InChI=1S/C17H23N3O/c1-5-13-7-6-8-15(11-13)21-16-10-9-14(19-20-16)12-18-17(2,3)4/h6-11,18H,5,12H2,1-4H3. The van der Waals surface area contributed by atoms with Crippen molar-refractivity contribution in [1.29, 1.82) is 0 Å². The summed E-state index contributed by atoms with van der Waals surface area (Å²) in [4.78, 5) is 0. The fourth-order valence-corrected chi connectivity index (χ4v) is 1.80. The van der Waals surface area contributed by atoms with E-state index in [1.54, 1.807) is 0 Å². The molecule has 0 bridgehead atoms. The second-order valence-electron chi connectivity index (χ2n) is 6.07. The third-order valence-electron chi connectivity index (χ3n) is 3.02. The summed E-state index contributed by atoms with van der Waals surface area (Å²) in [7, 11) is 0. The van der Waals surface area contributed by atoms with Crippen molar-refractivity contribution in [3.63, 3.8) is 0 Å². The maximum absolute atomic E-state index is 5.73. The molecule has 0 aliphatic rings. The van der Waals surface area contributed by atoms with Gasteiger partial charge in [-0.25, -0.2) is 0 Å². The molecule has 4 heteroatoms. The molecule has 0 fully saturated rings. The van der Waals surface area contributed by atoms with E-state index in [9.17, 15) is 0 Å². The summed E-state index contributed by atoms with van der Waals surface area (Å²) in [6.45, 7) is 9.19. The second kappa shape index (κ2) is 6.68. The molecule has 0 spiro atoms. The van der Waals surface area contributed by atoms with Gasteiger partial charge in [0.05, 0.1) is 5.69 Å². The molecule has 21 heavy (non-hydrogen) atoms. The topological polar surface area (TPSA) is 47.0 Å². The van der Waals surface area contributed by atoms with Crippen LogP contribution in [0, 0.1) is 0 Å². The molecule has 0 unspecified atom stereocenters. The smallest absolute Gasteiger partial charge is 0.238 e. The highest BCUT2D eigenvalue weighted by Crippen LogP contribution is 2.20. The maximum atomic E-state index is 5.73. The van der Waals surface area contributed by atoms with Crippen molar-refractivity contribution in [2.24, 2.45) is 0 Å². The minimum atomic E-state index is 0.0669. The molecule has 0 saturated heterocycles. The van der Waals surface area contributed by atoms with Gasteiger partial charge in [0.25, 0.3) is 0 Å². The van der Waals surface area contributed by atoms with E-state index in [4.69, 9.17) is 4.74 Å². The Bertz CT molecular complexity index is 573. The molecule has 1 aromatic carbocycles. The number of nitrogens with zero attached hydrogens (tertiary/aromatic N) is 2. The third-order valence-corrected chi connectivity index (χ3v) is 3.02. The Morgan fingerprint density at radius 2 is 1.90 bits per heavy atom. The van der Waals surface area contributed by atoms with Gasteiger partial charge in [-0.15, -0.1) is 5.10 Å². The Labute approximate surface area is 126 Å². The minimum absolute atomic E-state index is 0.0669. The molecular weight excluding hydrogens is 262 g/mol. The van der Waals surface area contributed by atoms with Gasteiger partial charge in [-0.05, 0) is 51.0 Å². The number of nitrogens with one attached hydrogen (secondary N) is 1. The molecule has 2 aromatic rings. The summed E-state index contributed by atoms with van der Waals surface area (Å²) < 4.78 is 5.73. The van der Waals surface area contributed by atoms with Gasteiger partial charge in [0.2, 0.25) is 5.88 Å². The number of aromatic nitrogens is 2. The van der Waals surface area contributed by atoms with E-state index in [2.05, 4.69) is 49.3 Å². The normalized spacial score (nSPS) is 11.4. The summed E-state index contributed by atoms with van der Waals surface area (Å²) in [5, 5.41) is 11.7. The van der Waals surface area contributed by atoms with Crippen LogP contribution >= 0.6 is 0 Å². The second-order valence-corrected chi connectivity index (χ2v) is 6.07. The van der Waals surface area contributed by atoms with Crippen molar-refractivity contribution in [2.45, 2.75) is 46.2 Å². The first-order valence-corrected chi connectivity index (χ1v) is 7.31. The van der Waals surface area contributed by atoms with E-state index in [1.807, 2.05) is 30.3 Å². The van der Waals surface area contributed by atoms with Crippen LogP contribution in [0.4, 0.5) is 0 Å². The monoisotopic (exact) mass is 285 g/mol. The lowest BCUT2D eigenvalue weighted by molar-refractivity contribution is 0.416. The lowest BCUT2D eigenvalue weighted by Crippen LogP contribution is -2.35. The highest BCUT2D eigenvalue weighted by atomic mass is 16.5. The van der Waals surface area contributed by atoms with Crippen LogP contribution in [0.1, 0.15) is 39.0 Å². The van der Waals surface area contributed by atoms with Crippen molar-refractivity contribution in [2.75, 3.05) is 0 Å². The fraction of sp³-hybridized carbons (Fsp3) is 0.412. The highest BCUT2D eigenvalue weighted by Gasteiger charge is 2.09. The molecule has 1 N–H and O–H groups in total. The van der Waals surface area contributed by atoms with E-state index in [0.29, 0.717) is 12.4 Å². The van der Waals surface area contributed by atoms with Crippen molar-refractivity contribution < 1.29 is 4.74 Å². The number of hydrogen-bond donors (Lipinski definition) is 1. The van der Waals surface area contributed by atoms with Gasteiger partial charge in [-0.3, -0.25) is 0 Å². The van der Waals surface area contributed by atoms with Crippen molar-refractivity contribution in [3.8, 4) is 11.6 Å². The van der Waals surface area contributed by atoms with E-state index in [0.717, 1.165) is 17.9 Å². The molecule has 0 atom stereocenters. The van der Waals surface area contributed by atoms with Crippen molar-refractivity contribution in [3.05, 3.63) is 47.7 Å². The van der Waals surface area contributed by atoms with Crippen LogP contribution in [0.15, 0.2) is 36.4 Å². The van der Waals surface area contributed by atoms with Crippen molar-refractivity contribution in [1.82, 2.24) is 15.5 Å². The van der Waals surface area contributed by atoms with Gasteiger partial charge in [-0.2, -0.15) is 5.10 Å². The molecule has 1 aromatic heterocycles. The first kappa shape index (κ1) is 15.4.